The zero-order chi connectivity index (χ0) is 14.4. The summed E-state index contributed by atoms with van der Waals surface area (Å²) in [7, 11) is 1.93. The van der Waals surface area contributed by atoms with Crippen molar-refractivity contribution in [3.8, 4) is 5.69 Å². The zero-order valence-electron chi connectivity index (χ0n) is 11.5. The lowest BCUT2D eigenvalue weighted by Crippen LogP contribution is -2.04. The Balaban J connectivity index is 2.36. The minimum atomic E-state index is 0.361. The molecule has 1 aromatic carbocycles. The second-order valence-corrected chi connectivity index (χ2v) is 5.93. The molecule has 0 atom stereocenters. The van der Waals surface area contributed by atoms with Gasteiger partial charge in [-0.1, -0.05) is 22.0 Å². The number of halogens is 2. The van der Waals surface area contributed by atoms with Gasteiger partial charge in [-0.25, -0.2) is 9.67 Å². The third-order valence-corrected chi connectivity index (χ3v) is 4.50. The summed E-state index contributed by atoms with van der Waals surface area (Å²) in [4.78, 5) is 4.61. The predicted octanol–water partition coefficient (Wildman–Crippen LogP) is 3.88. The van der Waals surface area contributed by atoms with Crippen LogP contribution in [-0.4, -0.2) is 19.3 Å². The van der Waals surface area contributed by atoms with E-state index in [0.29, 0.717) is 5.88 Å². The van der Waals surface area contributed by atoms with Gasteiger partial charge >= 0.3 is 0 Å². The summed E-state index contributed by atoms with van der Waals surface area (Å²) >= 11 is 9.64. The molecule has 0 saturated heterocycles. The van der Waals surface area contributed by atoms with E-state index in [-0.39, 0.29) is 0 Å². The lowest BCUT2D eigenvalue weighted by Gasteiger charge is -2.10. The molecule has 0 amide bonds. The van der Waals surface area contributed by atoms with Crippen LogP contribution in [-0.2, 0) is 12.9 Å². The fourth-order valence-electron chi connectivity index (χ4n) is 2.40. The van der Waals surface area contributed by atoms with Crippen LogP contribution in [0.15, 0.2) is 22.7 Å². The molecule has 0 fully saturated rings. The minimum absolute atomic E-state index is 0.361. The molecule has 2 heterocycles. The van der Waals surface area contributed by atoms with Crippen LogP contribution in [0.1, 0.15) is 17.1 Å². The van der Waals surface area contributed by atoms with Crippen LogP contribution in [0.3, 0.4) is 0 Å². The first kappa shape index (κ1) is 13.6. The van der Waals surface area contributed by atoms with Crippen molar-refractivity contribution in [3.05, 3.63) is 39.8 Å². The van der Waals surface area contributed by atoms with Crippen LogP contribution in [0, 0.1) is 13.8 Å². The van der Waals surface area contributed by atoms with Gasteiger partial charge in [-0.3, -0.25) is 4.57 Å². The molecular formula is C14H14BrClN4. The summed E-state index contributed by atoms with van der Waals surface area (Å²) in [5, 5.41) is 4.43. The standard InChI is InChI=1S/C14H14BrClN4/c1-8-4-5-10(6-11(8)15)20-12(7-16)17-13-9(2)18-19(3)14(13)20/h4-6H,7H2,1-3H3. The average molecular weight is 354 g/mol. The van der Waals surface area contributed by atoms with Crippen LogP contribution < -0.4 is 0 Å². The number of hydrogen-bond acceptors (Lipinski definition) is 2. The summed E-state index contributed by atoms with van der Waals surface area (Å²) < 4.78 is 4.98. The summed E-state index contributed by atoms with van der Waals surface area (Å²) in [5.74, 6) is 1.19. The van der Waals surface area contributed by atoms with Gasteiger partial charge in [0, 0.05) is 11.5 Å². The summed E-state index contributed by atoms with van der Waals surface area (Å²) in [6.45, 7) is 4.02. The monoisotopic (exact) mass is 352 g/mol. The van der Waals surface area contributed by atoms with Gasteiger partial charge in [0.15, 0.2) is 5.65 Å². The molecule has 0 spiro atoms. The Hall–Kier alpha value is -1.33. The maximum Gasteiger partial charge on any atom is 0.163 e. The Kier molecular flexibility index (Phi) is 3.34. The summed E-state index contributed by atoms with van der Waals surface area (Å²) in [6, 6.07) is 6.22. The first-order valence-corrected chi connectivity index (χ1v) is 7.59. The largest absolute Gasteiger partial charge is 0.280 e. The van der Waals surface area contributed by atoms with Crippen molar-refractivity contribution >= 4 is 38.7 Å². The molecule has 6 heteroatoms. The van der Waals surface area contributed by atoms with E-state index in [2.05, 4.69) is 55.7 Å². The average Bonchev–Trinajstić information content (AvgIpc) is 2.92. The zero-order valence-corrected chi connectivity index (χ0v) is 13.8. The highest BCUT2D eigenvalue weighted by Gasteiger charge is 2.18. The van der Waals surface area contributed by atoms with Crippen molar-refractivity contribution in [1.29, 1.82) is 0 Å². The highest BCUT2D eigenvalue weighted by Crippen LogP contribution is 2.27. The first-order chi connectivity index (χ1) is 9.52. The molecule has 0 unspecified atom stereocenters. The van der Waals surface area contributed by atoms with E-state index in [4.69, 9.17) is 11.6 Å². The molecule has 3 aromatic rings. The van der Waals surface area contributed by atoms with Crippen LogP contribution >= 0.6 is 27.5 Å². The highest BCUT2D eigenvalue weighted by atomic mass is 79.9. The lowest BCUT2D eigenvalue weighted by atomic mass is 10.2. The Labute approximate surface area is 130 Å². The molecule has 4 nitrogen and oxygen atoms in total. The fourth-order valence-corrected chi connectivity index (χ4v) is 2.95. The quantitative estimate of drug-likeness (QED) is 0.656. The number of fused-ring (bicyclic) bond motifs is 1. The normalized spacial score (nSPS) is 11.4. The predicted molar refractivity (Wildman–Crippen MR) is 84.6 cm³/mol. The van der Waals surface area contributed by atoms with Gasteiger partial charge in [0.2, 0.25) is 0 Å². The topological polar surface area (TPSA) is 35.6 Å². The number of imidazole rings is 1. The second kappa shape index (κ2) is 4.90. The smallest absolute Gasteiger partial charge is 0.163 e. The van der Waals surface area contributed by atoms with Crippen molar-refractivity contribution in [2.45, 2.75) is 19.7 Å². The number of alkyl halides is 1. The van der Waals surface area contributed by atoms with Crippen LogP contribution in [0.25, 0.3) is 16.9 Å². The maximum atomic E-state index is 6.06. The molecule has 0 aliphatic heterocycles. The molecule has 104 valence electrons. The molecule has 20 heavy (non-hydrogen) atoms. The molecule has 0 radical (unpaired) electrons. The number of aromatic nitrogens is 4. The van der Waals surface area contributed by atoms with Gasteiger partial charge in [-0.05, 0) is 31.5 Å². The lowest BCUT2D eigenvalue weighted by molar-refractivity contribution is 0.755. The van der Waals surface area contributed by atoms with E-state index in [1.807, 2.05) is 18.7 Å². The third kappa shape index (κ3) is 1.96. The Morgan fingerprint density at radius 1 is 1.30 bits per heavy atom. The van der Waals surface area contributed by atoms with Crippen molar-refractivity contribution in [1.82, 2.24) is 19.3 Å². The van der Waals surface area contributed by atoms with Crippen molar-refractivity contribution in [3.63, 3.8) is 0 Å². The molecule has 0 aliphatic carbocycles. The Bertz CT molecular complexity index is 803. The molecule has 0 saturated carbocycles. The maximum absolute atomic E-state index is 6.06. The molecule has 0 bridgehead atoms. The van der Waals surface area contributed by atoms with Crippen molar-refractivity contribution in [2.75, 3.05) is 0 Å². The van der Waals surface area contributed by atoms with Crippen LogP contribution in [0.2, 0.25) is 0 Å². The van der Waals surface area contributed by atoms with Gasteiger partial charge in [-0.15, -0.1) is 11.6 Å². The van der Waals surface area contributed by atoms with Gasteiger partial charge in [-0.2, -0.15) is 5.10 Å². The number of benzene rings is 1. The second-order valence-electron chi connectivity index (χ2n) is 4.81. The van der Waals surface area contributed by atoms with E-state index >= 15 is 0 Å². The van der Waals surface area contributed by atoms with Crippen LogP contribution in [0.5, 0.6) is 0 Å². The SMILES string of the molecule is Cc1ccc(-n2c(CCl)nc3c(C)nn(C)c32)cc1Br. The van der Waals surface area contributed by atoms with E-state index < -0.39 is 0 Å². The minimum Gasteiger partial charge on any atom is -0.280 e. The molecular weight excluding hydrogens is 340 g/mol. The number of nitrogens with zero attached hydrogens (tertiary/aromatic N) is 4. The summed E-state index contributed by atoms with van der Waals surface area (Å²) in [6.07, 6.45) is 0. The highest BCUT2D eigenvalue weighted by molar-refractivity contribution is 9.10. The van der Waals surface area contributed by atoms with E-state index in [1.165, 1.54) is 5.56 Å². The van der Waals surface area contributed by atoms with E-state index in [0.717, 1.165) is 32.8 Å². The van der Waals surface area contributed by atoms with Gasteiger partial charge in [0.25, 0.3) is 0 Å². The molecule has 0 N–H and O–H groups in total. The van der Waals surface area contributed by atoms with Gasteiger partial charge in [0.1, 0.15) is 11.3 Å². The number of rotatable bonds is 2. The molecule has 2 aromatic heterocycles. The van der Waals surface area contributed by atoms with E-state index in [1.54, 1.807) is 0 Å². The third-order valence-electron chi connectivity index (χ3n) is 3.40. The van der Waals surface area contributed by atoms with Gasteiger partial charge in [0.05, 0.1) is 17.3 Å². The molecule has 0 aliphatic rings. The van der Waals surface area contributed by atoms with Crippen LogP contribution in [0.4, 0.5) is 0 Å². The number of hydrogen-bond donors (Lipinski definition) is 0. The molecule has 3 rings (SSSR count). The Morgan fingerprint density at radius 2 is 2.05 bits per heavy atom. The fraction of sp³-hybridized carbons (Fsp3) is 0.286. The van der Waals surface area contributed by atoms with E-state index in [9.17, 15) is 0 Å². The summed E-state index contributed by atoms with van der Waals surface area (Å²) in [5.41, 5.74) is 5.01. The first-order valence-electron chi connectivity index (χ1n) is 6.26. The Morgan fingerprint density at radius 3 is 2.70 bits per heavy atom. The van der Waals surface area contributed by atoms with Crippen molar-refractivity contribution in [2.24, 2.45) is 7.05 Å². The van der Waals surface area contributed by atoms with Crippen molar-refractivity contribution < 1.29 is 0 Å². The van der Waals surface area contributed by atoms with Gasteiger partial charge < -0.3 is 0 Å². The number of aryl methyl sites for hydroxylation is 3.